The minimum Gasteiger partial charge on any atom is -0.292 e. The number of benzene rings is 1. The van der Waals surface area contributed by atoms with Crippen LogP contribution in [0.5, 0.6) is 0 Å². The van der Waals surface area contributed by atoms with Crippen LogP contribution < -0.4 is 0 Å². The molecule has 1 aromatic carbocycles. The molecule has 3 aliphatic rings. The van der Waals surface area contributed by atoms with Gasteiger partial charge in [0.2, 0.25) is 0 Å². The van der Waals surface area contributed by atoms with E-state index in [1.165, 1.54) is 16.7 Å². The molecule has 0 bridgehead atoms. The third-order valence-corrected chi connectivity index (χ3v) is 5.06. The van der Waals surface area contributed by atoms with Gasteiger partial charge >= 0.3 is 0 Å². The van der Waals surface area contributed by atoms with Gasteiger partial charge in [-0.25, -0.2) is 0 Å². The lowest BCUT2D eigenvalue weighted by Gasteiger charge is -2.18. The fourth-order valence-corrected chi connectivity index (χ4v) is 3.77. The number of aliphatic imine (C=N–C) groups is 1. The van der Waals surface area contributed by atoms with Crippen molar-refractivity contribution in [2.24, 2.45) is 4.99 Å². The van der Waals surface area contributed by atoms with Crippen LogP contribution in [0.15, 0.2) is 76.9 Å². The number of rotatable bonds is 4. The quantitative estimate of drug-likeness (QED) is 0.796. The molecule has 24 heavy (non-hydrogen) atoms. The van der Waals surface area contributed by atoms with Crippen molar-refractivity contribution in [2.45, 2.75) is 38.1 Å². The molecule has 4 rings (SSSR count). The van der Waals surface area contributed by atoms with E-state index in [9.17, 15) is 4.79 Å². The highest BCUT2D eigenvalue weighted by molar-refractivity contribution is 6.09. The second kappa shape index (κ2) is 6.20. The smallest absolute Gasteiger partial charge is 0.184 e. The minimum atomic E-state index is -0.283. The third-order valence-electron chi connectivity index (χ3n) is 5.06. The molecular formula is C22H21NO. The molecule has 2 nitrogen and oxygen atoms in total. The van der Waals surface area contributed by atoms with Crippen molar-refractivity contribution >= 4 is 11.5 Å². The Morgan fingerprint density at radius 3 is 2.67 bits per heavy atom. The maximum absolute atomic E-state index is 13.0. The fourth-order valence-electron chi connectivity index (χ4n) is 3.77. The van der Waals surface area contributed by atoms with E-state index in [1.54, 1.807) is 0 Å². The first-order valence-electron chi connectivity index (χ1n) is 8.61. The van der Waals surface area contributed by atoms with Gasteiger partial charge in [0.1, 0.15) is 6.04 Å². The molecule has 0 fully saturated rings. The van der Waals surface area contributed by atoms with Gasteiger partial charge in [-0.2, -0.15) is 0 Å². The molecule has 0 spiro atoms. The van der Waals surface area contributed by atoms with Gasteiger partial charge < -0.3 is 0 Å². The number of carbonyl (C=O) groups is 1. The molecule has 2 atom stereocenters. The van der Waals surface area contributed by atoms with Gasteiger partial charge in [0.15, 0.2) is 5.78 Å². The van der Waals surface area contributed by atoms with E-state index < -0.39 is 0 Å². The number of carbonyl (C=O) groups excluding carboxylic acids is 1. The summed E-state index contributed by atoms with van der Waals surface area (Å²) in [6, 6.07) is 8.24. The van der Waals surface area contributed by atoms with Crippen LogP contribution in [0.4, 0.5) is 0 Å². The summed E-state index contributed by atoms with van der Waals surface area (Å²) in [7, 11) is 0. The summed E-state index contributed by atoms with van der Waals surface area (Å²) < 4.78 is 0. The maximum atomic E-state index is 13.0. The first-order chi connectivity index (χ1) is 11.7. The first kappa shape index (κ1) is 15.1. The van der Waals surface area contributed by atoms with Crippen LogP contribution >= 0.6 is 0 Å². The molecule has 0 saturated carbocycles. The van der Waals surface area contributed by atoms with E-state index in [2.05, 4.69) is 49.4 Å². The zero-order valence-corrected chi connectivity index (χ0v) is 13.9. The molecule has 2 heteroatoms. The van der Waals surface area contributed by atoms with Crippen LogP contribution in [-0.4, -0.2) is 17.5 Å². The second-order valence-corrected chi connectivity index (χ2v) is 6.76. The van der Waals surface area contributed by atoms with E-state index in [4.69, 9.17) is 4.99 Å². The molecule has 0 amide bonds. The van der Waals surface area contributed by atoms with Gasteiger partial charge in [0, 0.05) is 17.2 Å². The lowest BCUT2D eigenvalue weighted by atomic mass is 9.84. The van der Waals surface area contributed by atoms with Crippen LogP contribution in [0, 0.1) is 6.92 Å². The normalized spacial score (nSPS) is 25.0. The maximum Gasteiger partial charge on any atom is 0.184 e. The number of allylic oxidation sites excluding steroid dienone is 7. The van der Waals surface area contributed by atoms with E-state index >= 15 is 0 Å². The van der Waals surface area contributed by atoms with E-state index in [0.29, 0.717) is 0 Å². The summed E-state index contributed by atoms with van der Waals surface area (Å²) in [5.41, 5.74) is 5.72. The standard InChI is InChI=1S/C22H21NO/c1-15-7-6-12-18(13-15)19-14-20(16-8-2-3-9-16)23-21(19)22(24)17-10-4-5-11-17/h2-8,10,12-13,19,21H,9,11,14H2,1H3. The van der Waals surface area contributed by atoms with Crippen molar-refractivity contribution in [2.75, 3.05) is 0 Å². The number of Topliss-reactive ketones (excluding diaryl/α,β-unsaturated/α-hetero) is 1. The Labute approximate surface area is 143 Å². The van der Waals surface area contributed by atoms with Crippen LogP contribution in [0.25, 0.3) is 0 Å². The Bertz CT molecular complexity index is 835. The van der Waals surface area contributed by atoms with Gasteiger partial charge in [-0.3, -0.25) is 9.79 Å². The monoisotopic (exact) mass is 315 g/mol. The second-order valence-electron chi connectivity index (χ2n) is 6.76. The molecule has 2 unspecified atom stereocenters. The molecule has 1 aromatic rings. The molecule has 0 N–H and O–H groups in total. The fraction of sp³-hybridized carbons (Fsp3) is 0.273. The van der Waals surface area contributed by atoms with Crippen molar-refractivity contribution in [1.29, 1.82) is 0 Å². The molecular weight excluding hydrogens is 294 g/mol. The Balaban J connectivity index is 1.68. The van der Waals surface area contributed by atoms with Crippen molar-refractivity contribution in [3.63, 3.8) is 0 Å². The van der Waals surface area contributed by atoms with Gasteiger partial charge in [0.25, 0.3) is 0 Å². The highest BCUT2D eigenvalue weighted by Gasteiger charge is 2.37. The number of hydrogen-bond acceptors (Lipinski definition) is 2. The Kier molecular flexibility index (Phi) is 3.89. The topological polar surface area (TPSA) is 29.4 Å². The van der Waals surface area contributed by atoms with Crippen LogP contribution in [0.1, 0.15) is 36.3 Å². The van der Waals surface area contributed by atoms with Crippen molar-refractivity contribution < 1.29 is 4.79 Å². The average molecular weight is 315 g/mol. The first-order valence-corrected chi connectivity index (χ1v) is 8.61. The lowest BCUT2D eigenvalue weighted by molar-refractivity contribution is -0.117. The zero-order chi connectivity index (χ0) is 16.5. The number of nitrogens with zero attached hydrogens (tertiary/aromatic N) is 1. The molecule has 0 saturated heterocycles. The van der Waals surface area contributed by atoms with E-state index in [-0.39, 0.29) is 17.7 Å². The Morgan fingerprint density at radius 2 is 1.96 bits per heavy atom. The van der Waals surface area contributed by atoms with Crippen molar-refractivity contribution in [3.05, 3.63) is 83.0 Å². The Hall–Kier alpha value is -2.48. The largest absolute Gasteiger partial charge is 0.292 e. The molecule has 1 aliphatic heterocycles. The van der Waals surface area contributed by atoms with Crippen molar-refractivity contribution in [1.82, 2.24) is 0 Å². The van der Waals surface area contributed by atoms with Crippen LogP contribution in [-0.2, 0) is 4.79 Å². The van der Waals surface area contributed by atoms with Gasteiger partial charge in [-0.1, -0.05) is 66.3 Å². The third kappa shape index (κ3) is 2.73. The summed E-state index contributed by atoms with van der Waals surface area (Å²) in [6.07, 6.45) is 14.9. The number of ketones is 1. The highest BCUT2D eigenvalue weighted by atomic mass is 16.1. The van der Waals surface area contributed by atoms with Crippen LogP contribution in [0.3, 0.4) is 0 Å². The lowest BCUT2D eigenvalue weighted by Crippen LogP contribution is -2.24. The van der Waals surface area contributed by atoms with Gasteiger partial charge in [-0.15, -0.1) is 0 Å². The molecule has 2 aliphatic carbocycles. The van der Waals surface area contributed by atoms with Crippen LogP contribution in [0.2, 0.25) is 0 Å². The van der Waals surface area contributed by atoms with Gasteiger partial charge in [-0.05, 0) is 37.3 Å². The van der Waals surface area contributed by atoms with Gasteiger partial charge in [0.05, 0.1) is 0 Å². The molecule has 120 valence electrons. The average Bonchev–Trinajstić information content (AvgIpc) is 3.34. The summed E-state index contributed by atoms with van der Waals surface area (Å²) in [4.78, 5) is 17.9. The predicted molar refractivity (Wildman–Crippen MR) is 98.4 cm³/mol. The summed E-state index contributed by atoms with van der Waals surface area (Å²) >= 11 is 0. The zero-order valence-electron chi connectivity index (χ0n) is 13.9. The summed E-state index contributed by atoms with van der Waals surface area (Å²) in [5.74, 6) is 0.337. The minimum absolute atomic E-state index is 0.149. The van der Waals surface area contributed by atoms with Crippen molar-refractivity contribution in [3.8, 4) is 0 Å². The molecule has 1 heterocycles. The number of hydrogen-bond donors (Lipinski definition) is 0. The van der Waals surface area contributed by atoms with E-state index in [0.717, 1.165) is 30.5 Å². The summed E-state index contributed by atoms with van der Waals surface area (Å²) in [6.45, 7) is 2.10. The SMILES string of the molecule is Cc1cccc(C2CC(C3=CC=CC3)=NC2C(=O)C2=CC=CC2)c1. The number of aryl methyl sites for hydroxylation is 1. The molecule has 0 radical (unpaired) electrons. The summed E-state index contributed by atoms with van der Waals surface area (Å²) in [5, 5.41) is 0. The predicted octanol–water partition coefficient (Wildman–Crippen LogP) is 4.63. The van der Waals surface area contributed by atoms with E-state index in [1.807, 2.05) is 18.2 Å². The molecule has 0 aromatic heterocycles. The highest BCUT2D eigenvalue weighted by Crippen LogP contribution is 2.37. The Morgan fingerprint density at radius 1 is 1.12 bits per heavy atom.